The first kappa shape index (κ1) is 42.4. The van der Waals surface area contributed by atoms with E-state index in [2.05, 4.69) is 21.3 Å². The molecule has 4 bridgehead atoms. The lowest BCUT2D eigenvalue weighted by Gasteiger charge is -2.36. The van der Waals surface area contributed by atoms with Gasteiger partial charge in [-0.05, 0) is 41.5 Å². The third-order valence-corrected chi connectivity index (χ3v) is 9.43. The number of nitrogens with one attached hydrogen (secondary N) is 4. The molecular formula is C40H54N6O9. The fourth-order valence-corrected chi connectivity index (χ4v) is 6.56. The molecule has 5 atom stereocenters. The van der Waals surface area contributed by atoms with E-state index in [0.717, 1.165) is 0 Å². The molecule has 4 N–H and O–H groups in total. The lowest BCUT2D eigenvalue weighted by Crippen LogP contribution is -2.61. The Kier molecular flexibility index (Phi) is 14.9. The first-order valence-corrected chi connectivity index (χ1v) is 18.7. The van der Waals surface area contributed by atoms with Gasteiger partial charge in [-0.15, -0.1) is 0 Å². The van der Waals surface area contributed by atoms with Gasteiger partial charge in [0.1, 0.15) is 23.9 Å². The zero-order valence-electron chi connectivity index (χ0n) is 32.5. The number of Topliss-reactive ketones (excluding diaryl/α,β-unsaturated/α-hetero) is 1. The van der Waals surface area contributed by atoms with Crippen LogP contribution in [0, 0.1) is 5.41 Å². The summed E-state index contributed by atoms with van der Waals surface area (Å²) in [5, 5.41) is 10.5. The second kappa shape index (κ2) is 19.3. The lowest BCUT2D eigenvalue weighted by molar-refractivity contribution is -0.147. The number of hydrogen-bond donors (Lipinski definition) is 4. The summed E-state index contributed by atoms with van der Waals surface area (Å²) < 4.78 is 12.0. The predicted molar refractivity (Wildman–Crippen MR) is 202 cm³/mol. The highest BCUT2D eigenvalue weighted by molar-refractivity contribution is 6.38. The Morgan fingerprint density at radius 3 is 2.38 bits per heavy atom. The van der Waals surface area contributed by atoms with Gasteiger partial charge in [0, 0.05) is 27.1 Å². The van der Waals surface area contributed by atoms with Gasteiger partial charge in [-0.1, -0.05) is 76.6 Å². The van der Waals surface area contributed by atoms with E-state index in [1.54, 1.807) is 75.6 Å². The van der Waals surface area contributed by atoms with E-state index < -0.39 is 71.6 Å². The average molecular weight is 763 g/mol. The minimum Gasteiger partial charge on any atom is -0.493 e. The minimum absolute atomic E-state index is 0.0130. The molecule has 6 amide bonds. The third-order valence-electron chi connectivity index (χ3n) is 9.43. The molecule has 2 aromatic rings. The molecule has 2 heterocycles. The van der Waals surface area contributed by atoms with Crippen LogP contribution in [0.2, 0.25) is 0 Å². The summed E-state index contributed by atoms with van der Waals surface area (Å²) in [6.07, 6.45) is 0.589. The number of hydrogen-bond acceptors (Lipinski definition) is 9. The Morgan fingerprint density at radius 2 is 1.71 bits per heavy atom. The van der Waals surface area contributed by atoms with Crippen LogP contribution in [0.1, 0.15) is 70.5 Å². The maximum Gasteiger partial charge on any atom is 0.290 e. The van der Waals surface area contributed by atoms with E-state index >= 15 is 0 Å². The highest BCUT2D eigenvalue weighted by Gasteiger charge is 2.47. The van der Waals surface area contributed by atoms with Crippen LogP contribution in [0.3, 0.4) is 0 Å². The van der Waals surface area contributed by atoms with Crippen LogP contribution in [-0.4, -0.2) is 116 Å². The van der Waals surface area contributed by atoms with Crippen molar-refractivity contribution in [2.75, 3.05) is 40.4 Å². The molecule has 1 unspecified atom stereocenters. The van der Waals surface area contributed by atoms with Crippen molar-refractivity contribution < 1.29 is 43.0 Å². The number of likely N-dealkylation sites (N-methyl/N-ethyl adjacent to an activating group) is 1. The van der Waals surface area contributed by atoms with Crippen LogP contribution in [0.5, 0.6) is 5.75 Å². The van der Waals surface area contributed by atoms with Gasteiger partial charge in [-0.2, -0.15) is 0 Å². The highest BCUT2D eigenvalue weighted by atomic mass is 16.5. The van der Waals surface area contributed by atoms with Crippen molar-refractivity contribution in [1.29, 1.82) is 0 Å². The summed E-state index contributed by atoms with van der Waals surface area (Å²) in [6, 6.07) is 11.3. The molecule has 0 aromatic heterocycles. The molecule has 2 aliphatic rings. The molecule has 0 radical (unpaired) electrons. The summed E-state index contributed by atoms with van der Waals surface area (Å²) >= 11 is 0. The summed E-state index contributed by atoms with van der Waals surface area (Å²) in [4.78, 5) is 96.8. The molecule has 298 valence electrons. The van der Waals surface area contributed by atoms with Crippen LogP contribution < -0.4 is 26.0 Å². The number of nitrogens with zero attached hydrogens (tertiary/aromatic N) is 2. The highest BCUT2D eigenvalue weighted by Crippen LogP contribution is 2.28. The summed E-state index contributed by atoms with van der Waals surface area (Å²) in [7, 11) is 3.11. The van der Waals surface area contributed by atoms with Crippen molar-refractivity contribution >= 4 is 41.2 Å². The quantitative estimate of drug-likeness (QED) is 0.246. The van der Waals surface area contributed by atoms with E-state index in [4.69, 9.17) is 9.47 Å². The Bertz CT molecular complexity index is 1710. The molecule has 1 fully saturated rings. The number of fused-ring (bicyclic) bond motifs is 4. The average Bonchev–Trinajstić information content (AvgIpc) is 3.57. The Hall–Kier alpha value is -5.31. The Morgan fingerprint density at radius 1 is 0.982 bits per heavy atom. The maximum atomic E-state index is 14.3. The van der Waals surface area contributed by atoms with Crippen LogP contribution in [0.4, 0.5) is 0 Å². The molecule has 2 aromatic carbocycles. The zero-order valence-corrected chi connectivity index (χ0v) is 32.5. The smallest absolute Gasteiger partial charge is 0.290 e. The van der Waals surface area contributed by atoms with Crippen molar-refractivity contribution in [2.45, 2.75) is 90.1 Å². The molecule has 0 saturated carbocycles. The minimum atomic E-state index is -1.27. The summed E-state index contributed by atoms with van der Waals surface area (Å²) in [5.41, 5.74) is 0.511. The number of ketones is 1. The van der Waals surface area contributed by atoms with Crippen LogP contribution in [-0.2, 0) is 44.7 Å². The third kappa shape index (κ3) is 11.6. The molecule has 1 saturated heterocycles. The van der Waals surface area contributed by atoms with Crippen molar-refractivity contribution in [3.05, 3.63) is 65.7 Å². The van der Waals surface area contributed by atoms with Crippen molar-refractivity contribution in [3.63, 3.8) is 0 Å². The number of amides is 6. The second-order valence-electron chi connectivity index (χ2n) is 15.1. The number of ether oxygens (including phenoxy) is 2. The molecule has 15 heteroatoms. The largest absolute Gasteiger partial charge is 0.493 e. The van der Waals surface area contributed by atoms with E-state index in [1.807, 2.05) is 20.8 Å². The Labute approximate surface area is 322 Å². The van der Waals surface area contributed by atoms with Crippen molar-refractivity contribution in [2.24, 2.45) is 5.41 Å². The van der Waals surface area contributed by atoms with Gasteiger partial charge >= 0.3 is 0 Å². The van der Waals surface area contributed by atoms with E-state index in [0.29, 0.717) is 42.7 Å². The van der Waals surface area contributed by atoms with E-state index in [1.165, 1.54) is 9.80 Å². The first-order chi connectivity index (χ1) is 26.1. The van der Waals surface area contributed by atoms with Gasteiger partial charge in [0.2, 0.25) is 35.3 Å². The fourth-order valence-electron chi connectivity index (χ4n) is 6.56. The monoisotopic (exact) mass is 762 g/mol. The van der Waals surface area contributed by atoms with Gasteiger partial charge in [-0.3, -0.25) is 33.6 Å². The van der Waals surface area contributed by atoms with Gasteiger partial charge in [-0.25, -0.2) is 0 Å². The zero-order chi connectivity index (χ0) is 40.3. The SMILES string of the molecule is CCCC(NC(=O)[C@@H]1[C@H]2CCN1C(=O)[C@H](C(C)(C)C)NC(=O)Cc1cccc(c1)OCCCO2)C(=O)C(=O)NCC(=O)N[C@H](C(=O)N(C)C)c1ccccc1. The van der Waals surface area contributed by atoms with Crippen LogP contribution in [0.15, 0.2) is 54.6 Å². The van der Waals surface area contributed by atoms with Crippen molar-refractivity contribution in [3.8, 4) is 5.75 Å². The number of benzene rings is 2. The number of carbonyl (C=O) groups is 7. The molecule has 0 spiro atoms. The topological polar surface area (TPSA) is 193 Å². The van der Waals surface area contributed by atoms with E-state index in [9.17, 15) is 33.6 Å². The molecule has 15 nitrogen and oxygen atoms in total. The normalized spacial score (nSPS) is 20.3. The summed E-state index contributed by atoms with van der Waals surface area (Å²) in [5.74, 6) is -4.11. The van der Waals surface area contributed by atoms with Gasteiger partial charge in [0.25, 0.3) is 5.91 Å². The van der Waals surface area contributed by atoms with Crippen LogP contribution in [0.25, 0.3) is 0 Å². The first-order valence-electron chi connectivity index (χ1n) is 18.7. The maximum absolute atomic E-state index is 14.3. The molecule has 2 aliphatic heterocycles. The fraction of sp³-hybridized carbons (Fsp3) is 0.525. The van der Waals surface area contributed by atoms with Crippen molar-refractivity contribution in [1.82, 2.24) is 31.1 Å². The molecule has 4 rings (SSSR count). The van der Waals surface area contributed by atoms with Gasteiger partial charge in [0.15, 0.2) is 0 Å². The van der Waals surface area contributed by atoms with Gasteiger partial charge in [0.05, 0.1) is 38.3 Å². The number of rotatable bonds is 11. The van der Waals surface area contributed by atoms with Gasteiger partial charge < -0.3 is 40.5 Å². The Balaban J connectivity index is 1.49. The predicted octanol–water partition coefficient (Wildman–Crippen LogP) is 1.44. The standard InChI is InChI=1S/C40H54N6O9/c1-7-13-28(34(49)37(51)41-24-31(48)43-32(38(52)45(5)6)26-15-9-8-10-16-26)42-36(50)33-29-18-19-46(33)39(53)35(40(2,3)4)44-30(47)23-25-14-11-17-27(22-25)54-20-12-21-55-29/h8-11,14-17,22,28-29,32-33,35H,7,12-13,18-21,23-24H2,1-6H3,(H,41,51)(H,42,50)(H,43,48)(H,44,47)/t28?,29-,32+,33+,35-/m1/s1. The molecule has 55 heavy (non-hydrogen) atoms. The lowest BCUT2D eigenvalue weighted by atomic mass is 9.85. The molecular weight excluding hydrogens is 708 g/mol. The van der Waals surface area contributed by atoms with Crippen LogP contribution >= 0.6 is 0 Å². The number of carbonyl (C=O) groups excluding carboxylic acids is 7. The molecule has 0 aliphatic carbocycles. The summed E-state index contributed by atoms with van der Waals surface area (Å²) in [6.45, 7) is 7.33. The second-order valence-corrected chi connectivity index (χ2v) is 15.1. The van der Waals surface area contributed by atoms with E-state index in [-0.39, 0.29) is 37.8 Å².